The molecule has 0 spiro atoms. The van der Waals surface area contributed by atoms with Crippen LogP contribution in [0.5, 0.6) is 0 Å². The molecule has 4 nitrogen and oxygen atoms in total. The predicted octanol–water partition coefficient (Wildman–Crippen LogP) is 1.25. The Hall–Kier alpha value is -0.770. The van der Waals surface area contributed by atoms with Crippen LogP contribution < -0.4 is 10.6 Å². The van der Waals surface area contributed by atoms with E-state index in [1.165, 1.54) is 12.8 Å². The van der Waals surface area contributed by atoms with Gasteiger partial charge in [-0.2, -0.15) is 0 Å². The van der Waals surface area contributed by atoms with Gasteiger partial charge in [-0.15, -0.1) is 0 Å². The van der Waals surface area contributed by atoms with Crippen LogP contribution in [0.15, 0.2) is 0 Å². The first-order valence-corrected chi connectivity index (χ1v) is 5.82. The van der Waals surface area contributed by atoms with Crippen LogP contribution in [0.1, 0.15) is 39.5 Å². The topological polar surface area (TPSA) is 61.4 Å². The summed E-state index contributed by atoms with van der Waals surface area (Å²) < 4.78 is 0. The van der Waals surface area contributed by atoms with Gasteiger partial charge in [0.2, 0.25) is 0 Å². The third-order valence-corrected chi connectivity index (χ3v) is 2.93. The van der Waals surface area contributed by atoms with Crippen molar-refractivity contribution in [1.82, 2.24) is 10.6 Å². The number of rotatable bonds is 4. The number of aliphatic hydroxyl groups is 1. The minimum Gasteiger partial charge on any atom is -0.391 e. The van der Waals surface area contributed by atoms with Crippen LogP contribution in [0, 0.1) is 5.92 Å². The lowest BCUT2D eigenvalue weighted by molar-refractivity contribution is 0.124. The molecule has 3 N–H and O–H groups in total. The SMILES string of the molecule is CC(C)C(O)CNC(=O)NC1CCCC1. The Morgan fingerprint density at radius 3 is 2.53 bits per heavy atom. The standard InChI is InChI=1S/C11H22N2O2/c1-8(2)10(14)7-12-11(15)13-9-5-3-4-6-9/h8-10,14H,3-7H2,1-2H3,(H2,12,13,15). The second-order valence-electron chi connectivity index (χ2n) is 4.65. The fourth-order valence-corrected chi connectivity index (χ4v) is 1.74. The number of aliphatic hydroxyl groups excluding tert-OH is 1. The van der Waals surface area contributed by atoms with Gasteiger partial charge in [-0.1, -0.05) is 26.7 Å². The van der Waals surface area contributed by atoms with Crippen molar-refractivity contribution in [1.29, 1.82) is 0 Å². The fraction of sp³-hybridized carbons (Fsp3) is 0.909. The van der Waals surface area contributed by atoms with E-state index in [0.717, 1.165) is 12.8 Å². The normalized spacial score (nSPS) is 19.2. The Bertz CT molecular complexity index is 201. The molecule has 0 aliphatic heterocycles. The maximum absolute atomic E-state index is 11.4. The molecule has 0 aromatic carbocycles. The van der Waals surface area contributed by atoms with Crippen LogP contribution >= 0.6 is 0 Å². The van der Waals surface area contributed by atoms with Gasteiger partial charge in [-0.05, 0) is 18.8 Å². The number of carbonyl (C=O) groups is 1. The van der Waals surface area contributed by atoms with Crippen molar-refractivity contribution in [2.75, 3.05) is 6.54 Å². The molecule has 2 amide bonds. The zero-order valence-corrected chi connectivity index (χ0v) is 9.62. The minimum absolute atomic E-state index is 0.151. The molecule has 1 unspecified atom stereocenters. The van der Waals surface area contributed by atoms with Gasteiger partial charge in [0.15, 0.2) is 0 Å². The highest BCUT2D eigenvalue weighted by atomic mass is 16.3. The first-order chi connectivity index (χ1) is 7.09. The van der Waals surface area contributed by atoms with E-state index >= 15 is 0 Å². The van der Waals surface area contributed by atoms with E-state index in [0.29, 0.717) is 12.6 Å². The molecule has 0 bridgehead atoms. The Balaban J connectivity index is 2.12. The minimum atomic E-state index is -0.459. The van der Waals surface area contributed by atoms with Gasteiger partial charge in [0.1, 0.15) is 0 Å². The highest BCUT2D eigenvalue weighted by molar-refractivity contribution is 5.74. The summed E-state index contributed by atoms with van der Waals surface area (Å²) in [5.74, 6) is 0.178. The monoisotopic (exact) mass is 214 g/mol. The molecular formula is C11H22N2O2. The van der Waals surface area contributed by atoms with Crippen molar-refractivity contribution < 1.29 is 9.90 Å². The molecular weight excluding hydrogens is 192 g/mol. The molecule has 1 saturated carbocycles. The smallest absolute Gasteiger partial charge is 0.315 e. The van der Waals surface area contributed by atoms with Gasteiger partial charge < -0.3 is 15.7 Å². The van der Waals surface area contributed by atoms with Gasteiger partial charge in [-0.25, -0.2) is 4.79 Å². The van der Waals surface area contributed by atoms with E-state index in [-0.39, 0.29) is 11.9 Å². The number of carbonyl (C=O) groups excluding carboxylic acids is 1. The summed E-state index contributed by atoms with van der Waals surface area (Å²) in [7, 11) is 0. The molecule has 88 valence electrons. The maximum atomic E-state index is 11.4. The summed E-state index contributed by atoms with van der Waals surface area (Å²) in [5, 5.41) is 15.1. The molecule has 15 heavy (non-hydrogen) atoms. The first kappa shape index (κ1) is 12.3. The Morgan fingerprint density at radius 2 is 2.00 bits per heavy atom. The molecule has 1 fully saturated rings. The maximum Gasteiger partial charge on any atom is 0.315 e. The van der Waals surface area contributed by atoms with E-state index in [4.69, 9.17) is 0 Å². The van der Waals surface area contributed by atoms with Crippen molar-refractivity contribution in [3.63, 3.8) is 0 Å². The summed E-state index contributed by atoms with van der Waals surface area (Å²) in [6.45, 7) is 4.19. The highest BCUT2D eigenvalue weighted by Gasteiger charge is 2.17. The fourth-order valence-electron chi connectivity index (χ4n) is 1.74. The van der Waals surface area contributed by atoms with Crippen LogP contribution in [0.4, 0.5) is 4.79 Å². The summed E-state index contributed by atoms with van der Waals surface area (Å²) in [6.07, 6.45) is 4.12. The zero-order valence-electron chi connectivity index (χ0n) is 9.62. The molecule has 0 saturated heterocycles. The molecule has 1 atom stereocenters. The summed E-state index contributed by atoms with van der Waals surface area (Å²) in [6, 6.07) is 0.183. The van der Waals surface area contributed by atoms with Crippen molar-refractivity contribution in [2.45, 2.75) is 51.7 Å². The molecule has 0 aromatic heterocycles. The number of urea groups is 1. The van der Waals surface area contributed by atoms with Gasteiger partial charge in [0.05, 0.1) is 6.10 Å². The molecule has 1 aliphatic carbocycles. The molecule has 0 aromatic rings. The van der Waals surface area contributed by atoms with Gasteiger partial charge in [0, 0.05) is 12.6 Å². The van der Waals surface area contributed by atoms with Gasteiger partial charge in [0.25, 0.3) is 0 Å². The number of hydrogen-bond donors (Lipinski definition) is 3. The molecule has 0 heterocycles. The number of amides is 2. The van der Waals surface area contributed by atoms with Crippen LogP contribution in [0.2, 0.25) is 0 Å². The van der Waals surface area contributed by atoms with Crippen molar-refractivity contribution in [3.8, 4) is 0 Å². The van der Waals surface area contributed by atoms with Crippen molar-refractivity contribution in [3.05, 3.63) is 0 Å². The summed E-state index contributed by atoms with van der Waals surface area (Å²) in [4.78, 5) is 11.4. The highest BCUT2D eigenvalue weighted by Crippen LogP contribution is 2.17. The van der Waals surface area contributed by atoms with Crippen LogP contribution in [-0.2, 0) is 0 Å². The average Bonchev–Trinajstić information content (AvgIpc) is 2.66. The van der Waals surface area contributed by atoms with Crippen LogP contribution in [0.3, 0.4) is 0 Å². The van der Waals surface area contributed by atoms with Gasteiger partial charge in [-0.3, -0.25) is 0 Å². The Morgan fingerprint density at radius 1 is 1.40 bits per heavy atom. The van der Waals surface area contributed by atoms with Crippen LogP contribution in [-0.4, -0.2) is 29.8 Å². The lowest BCUT2D eigenvalue weighted by Crippen LogP contribution is -2.44. The summed E-state index contributed by atoms with van der Waals surface area (Å²) >= 11 is 0. The predicted molar refractivity (Wildman–Crippen MR) is 59.6 cm³/mol. The quantitative estimate of drug-likeness (QED) is 0.659. The Labute approximate surface area is 91.4 Å². The van der Waals surface area contributed by atoms with E-state index in [2.05, 4.69) is 10.6 Å². The molecule has 1 rings (SSSR count). The van der Waals surface area contributed by atoms with Crippen molar-refractivity contribution >= 4 is 6.03 Å². The van der Waals surface area contributed by atoms with Crippen molar-refractivity contribution in [2.24, 2.45) is 5.92 Å². The largest absolute Gasteiger partial charge is 0.391 e. The summed E-state index contributed by atoms with van der Waals surface area (Å²) in [5.41, 5.74) is 0. The average molecular weight is 214 g/mol. The van der Waals surface area contributed by atoms with Gasteiger partial charge >= 0.3 is 6.03 Å². The lowest BCUT2D eigenvalue weighted by Gasteiger charge is -2.17. The second kappa shape index (κ2) is 5.95. The van der Waals surface area contributed by atoms with E-state index in [1.54, 1.807) is 0 Å². The Kier molecular flexibility index (Phi) is 4.88. The van der Waals surface area contributed by atoms with E-state index < -0.39 is 6.10 Å². The van der Waals surface area contributed by atoms with E-state index in [9.17, 15) is 9.90 Å². The molecule has 0 radical (unpaired) electrons. The third kappa shape index (κ3) is 4.51. The lowest BCUT2D eigenvalue weighted by atomic mass is 10.1. The first-order valence-electron chi connectivity index (χ1n) is 5.82. The number of nitrogens with one attached hydrogen (secondary N) is 2. The zero-order chi connectivity index (χ0) is 11.3. The number of hydrogen-bond acceptors (Lipinski definition) is 2. The third-order valence-electron chi connectivity index (χ3n) is 2.93. The van der Waals surface area contributed by atoms with Crippen LogP contribution in [0.25, 0.3) is 0 Å². The van der Waals surface area contributed by atoms with E-state index in [1.807, 2.05) is 13.8 Å². The molecule has 4 heteroatoms. The second-order valence-corrected chi connectivity index (χ2v) is 4.65. The molecule has 1 aliphatic rings.